The van der Waals surface area contributed by atoms with Crippen molar-refractivity contribution in [1.82, 2.24) is 5.32 Å². The van der Waals surface area contributed by atoms with E-state index in [2.05, 4.69) is 19.2 Å². The Morgan fingerprint density at radius 3 is 0.953 bits per heavy atom. The van der Waals surface area contributed by atoms with E-state index in [1.54, 1.807) is 0 Å². The molecule has 2 unspecified atom stereocenters. The largest absolute Gasteiger partial charge is 0.466 e. The van der Waals surface area contributed by atoms with E-state index in [0.29, 0.717) is 25.9 Å². The Labute approximate surface area is 400 Å². The molecule has 0 aromatic rings. The Morgan fingerprint density at radius 1 is 0.375 bits per heavy atom. The summed E-state index contributed by atoms with van der Waals surface area (Å²) < 4.78 is 5.48. The van der Waals surface area contributed by atoms with Crippen molar-refractivity contribution in [1.29, 1.82) is 0 Å². The first-order chi connectivity index (χ1) is 31.5. The molecule has 6 nitrogen and oxygen atoms in total. The maximum absolute atomic E-state index is 12.4. The number of carbonyl (C=O) groups is 2. The molecular weight excluding hydrogens is 791 g/mol. The zero-order valence-corrected chi connectivity index (χ0v) is 43.5. The fourth-order valence-electron chi connectivity index (χ4n) is 9.41. The zero-order valence-electron chi connectivity index (χ0n) is 43.5. The molecule has 0 spiro atoms. The fraction of sp³-hybridized carbons (Fsp3) is 0.966. The van der Waals surface area contributed by atoms with Crippen LogP contribution < -0.4 is 5.32 Å². The Balaban J connectivity index is 3.35. The van der Waals surface area contributed by atoms with Crippen LogP contribution >= 0.6 is 0 Å². The lowest BCUT2D eigenvalue weighted by Crippen LogP contribution is -2.45. The molecule has 3 N–H and O–H groups in total. The van der Waals surface area contributed by atoms with E-state index in [9.17, 15) is 19.8 Å². The van der Waals surface area contributed by atoms with E-state index in [1.165, 1.54) is 263 Å². The molecule has 0 aliphatic rings. The fourth-order valence-corrected chi connectivity index (χ4v) is 9.41. The molecule has 64 heavy (non-hydrogen) atoms. The van der Waals surface area contributed by atoms with Crippen LogP contribution in [0.25, 0.3) is 0 Å². The number of hydrogen-bond acceptors (Lipinski definition) is 5. The van der Waals surface area contributed by atoms with E-state index in [0.717, 1.165) is 38.5 Å². The van der Waals surface area contributed by atoms with E-state index in [4.69, 9.17) is 4.74 Å². The number of ether oxygens (including phenoxy) is 1. The number of aliphatic hydroxyl groups excluding tert-OH is 2. The average molecular weight is 907 g/mol. The van der Waals surface area contributed by atoms with Crippen molar-refractivity contribution in [3.05, 3.63) is 0 Å². The molecule has 0 fully saturated rings. The monoisotopic (exact) mass is 906 g/mol. The Kier molecular flexibility index (Phi) is 53.5. The van der Waals surface area contributed by atoms with Gasteiger partial charge in [0.05, 0.1) is 25.4 Å². The number of amides is 1. The molecule has 0 aliphatic carbocycles. The van der Waals surface area contributed by atoms with Crippen molar-refractivity contribution >= 4 is 11.9 Å². The zero-order chi connectivity index (χ0) is 46.5. The van der Waals surface area contributed by atoms with Gasteiger partial charge in [-0.15, -0.1) is 0 Å². The van der Waals surface area contributed by atoms with Crippen LogP contribution in [-0.4, -0.2) is 47.4 Å². The molecule has 0 saturated carbocycles. The van der Waals surface area contributed by atoms with Gasteiger partial charge in [0, 0.05) is 12.8 Å². The van der Waals surface area contributed by atoms with Gasteiger partial charge in [0.25, 0.3) is 0 Å². The van der Waals surface area contributed by atoms with Gasteiger partial charge in [0.1, 0.15) is 0 Å². The van der Waals surface area contributed by atoms with Gasteiger partial charge in [0.15, 0.2) is 0 Å². The van der Waals surface area contributed by atoms with Crippen molar-refractivity contribution in [2.24, 2.45) is 0 Å². The second kappa shape index (κ2) is 54.5. The third-order valence-electron chi connectivity index (χ3n) is 13.9. The van der Waals surface area contributed by atoms with E-state index in [-0.39, 0.29) is 18.5 Å². The molecule has 0 aromatic carbocycles. The molecule has 6 heteroatoms. The quantitative estimate of drug-likeness (QED) is 0.0417. The molecule has 2 atom stereocenters. The first-order valence-electron chi connectivity index (χ1n) is 29.3. The third kappa shape index (κ3) is 50.3. The number of hydrogen-bond donors (Lipinski definition) is 3. The minimum atomic E-state index is -0.662. The molecule has 0 rings (SSSR count). The van der Waals surface area contributed by atoms with Crippen LogP contribution in [0.5, 0.6) is 0 Å². The van der Waals surface area contributed by atoms with Crippen LogP contribution in [0.1, 0.15) is 335 Å². The van der Waals surface area contributed by atoms with E-state index in [1.807, 2.05) is 0 Å². The van der Waals surface area contributed by atoms with E-state index >= 15 is 0 Å². The highest BCUT2D eigenvalue weighted by Gasteiger charge is 2.20. The highest BCUT2D eigenvalue weighted by Crippen LogP contribution is 2.18. The molecule has 0 heterocycles. The van der Waals surface area contributed by atoms with Gasteiger partial charge < -0.3 is 20.3 Å². The SMILES string of the molecule is CCCCCCCCCCCCCCCC(=O)OCCCCCCCCCCCCCCCCCCCCCCCCC(=O)NC(CO)C(O)CCCCCCCCCCCCCC. The maximum Gasteiger partial charge on any atom is 0.305 e. The summed E-state index contributed by atoms with van der Waals surface area (Å²) in [5.74, 6) is -0.0182. The van der Waals surface area contributed by atoms with Crippen LogP contribution in [0.2, 0.25) is 0 Å². The molecule has 1 amide bonds. The van der Waals surface area contributed by atoms with Crippen molar-refractivity contribution < 1.29 is 24.5 Å². The Hall–Kier alpha value is -1.14. The van der Waals surface area contributed by atoms with Crippen LogP contribution in [0.15, 0.2) is 0 Å². The summed E-state index contributed by atoms with van der Waals surface area (Å²) >= 11 is 0. The lowest BCUT2D eigenvalue weighted by Gasteiger charge is -2.22. The van der Waals surface area contributed by atoms with Crippen molar-refractivity contribution in [3.8, 4) is 0 Å². The molecule has 382 valence electrons. The Morgan fingerprint density at radius 2 is 0.641 bits per heavy atom. The normalized spacial score (nSPS) is 12.5. The second-order valence-electron chi connectivity index (χ2n) is 20.3. The number of esters is 1. The maximum atomic E-state index is 12.4. The molecule has 0 saturated heterocycles. The highest BCUT2D eigenvalue weighted by atomic mass is 16.5. The summed E-state index contributed by atoms with van der Waals surface area (Å²) in [6, 6.07) is -0.539. The van der Waals surface area contributed by atoms with Crippen LogP contribution in [-0.2, 0) is 14.3 Å². The number of aliphatic hydroxyl groups is 2. The third-order valence-corrected chi connectivity index (χ3v) is 13.9. The number of carbonyl (C=O) groups excluding carboxylic acids is 2. The molecule has 0 aromatic heterocycles. The second-order valence-corrected chi connectivity index (χ2v) is 20.3. The van der Waals surface area contributed by atoms with Gasteiger partial charge >= 0.3 is 5.97 Å². The molecular formula is C58H115NO5. The van der Waals surface area contributed by atoms with Crippen molar-refractivity contribution in [2.75, 3.05) is 13.2 Å². The summed E-state index contributed by atoms with van der Waals surface area (Å²) in [6.45, 7) is 4.97. The van der Waals surface area contributed by atoms with E-state index < -0.39 is 12.1 Å². The summed E-state index contributed by atoms with van der Waals surface area (Å²) in [6.07, 6.45) is 62.4. The van der Waals surface area contributed by atoms with Crippen molar-refractivity contribution in [2.45, 2.75) is 347 Å². The summed E-state index contributed by atoms with van der Waals surface area (Å²) in [4.78, 5) is 24.5. The van der Waals surface area contributed by atoms with Gasteiger partial charge in [-0.1, -0.05) is 296 Å². The standard InChI is InChI=1S/C58H115NO5/c1-3-5-7-9-11-13-15-27-32-36-40-44-48-52-58(63)64-53-49-45-41-37-33-29-26-24-22-20-18-17-19-21-23-25-28-31-35-39-43-47-51-57(62)59-55(54-60)56(61)50-46-42-38-34-30-16-14-12-10-8-6-4-2/h55-56,60-61H,3-54H2,1-2H3,(H,59,62). The molecule has 0 radical (unpaired) electrons. The summed E-state index contributed by atoms with van der Waals surface area (Å²) in [5, 5.41) is 23.2. The minimum absolute atomic E-state index is 0.0155. The average Bonchev–Trinajstić information content (AvgIpc) is 3.29. The molecule has 0 bridgehead atoms. The van der Waals surface area contributed by atoms with Crippen LogP contribution in [0.3, 0.4) is 0 Å². The topological polar surface area (TPSA) is 95.9 Å². The smallest absolute Gasteiger partial charge is 0.305 e. The predicted molar refractivity (Wildman–Crippen MR) is 278 cm³/mol. The van der Waals surface area contributed by atoms with Gasteiger partial charge in [0.2, 0.25) is 5.91 Å². The highest BCUT2D eigenvalue weighted by molar-refractivity contribution is 5.76. The van der Waals surface area contributed by atoms with Gasteiger partial charge in [-0.3, -0.25) is 9.59 Å². The lowest BCUT2D eigenvalue weighted by molar-refractivity contribution is -0.143. The lowest BCUT2D eigenvalue weighted by atomic mass is 10.0. The first-order valence-corrected chi connectivity index (χ1v) is 29.3. The number of unbranched alkanes of at least 4 members (excludes halogenated alkanes) is 44. The molecule has 0 aliphatic heterocycles. The first kappa shape index (κ1) is 62.9. The summed E-state index contributed by atoms with van der Waals surface area (Å²) in [7, 11) is 0. The van der Waals surface area contributed by atoms with Gasteiger partial charge in [-0.2, -0.15) is 0 Å². The Bertz CT molecular complexity index is 913. The summed E-state index contributed by atoms with van der Waals surface area (Å²) in [5.41, 5.74) is 0. The number of nitrogens with one attached hydrogen (secondary N) is 1. The van der Waals surface area contributed by atoms with Crippen molar-refractivity contribution in [3.63, 3.8) is 0 Å². The van der Waals surface area contributed by atoms with Gasteiger partial charge in [-0.25, -0.2) is 0 Å². The predicted octanol–water partition coefficient (Wildman–Crippen LogP) is 17.9. The minimum Gasteiger partial charge on any atom is -0.466 e. The number of rotatable bonds is 55. The van der Waals surface area contributed by atoms with Crippen LogP contribution in [0.4, 0.5) is 0 Å². The van der Waals surface area contributed by atoms with Crippen LogP contribution in [0, 0.1) is 0 Å². The van der Waals surface area contributed by atoms with Gasteiger partial charge in [-0.05, 0) is 25.7 Å².